The molecule has 0 fully saturated rings. The molecular weight excluding hydrogens is 252 g/mol. The number of hydrogen-bond acceptors (Lipinski definition) is 4. The topological polar surface area (TPSA) is 64.2 Å². The molecule has 0 radical (unpaired) electrons. The predicted molar refractivity (Wildman–Crippen MR) is 53.0 cm³/mol. The number of hydrogen-bond donors (Lipinski definition) is 1. The van der Waals surface area contributed by atoms with Crippen LogP contribution in [0, 0.1) is 0 Å². The molecule has 0 amide bonds. The molecule has 5 nitrogen and oxygen atoms in total. The molecule has 0 spiro atoms. The van der Waals surface area contributed by atoms with Crippen LogP contribution < -0.4 is 0 Å². The summed E-state index contributed by atoms with van der Waals surface area (Å²) in [7, 11) is 1.55. The number of nitrogens with zero attached hydrogens (tertiary/aromatic N) is 1. The molecule has 0 aliphatic heterocycles. The first-order chi connectivity index (χ1) is 6.70. The summed E-state index contributed by atoms with van der Waals surface area (Å²) in [5.74, 6) is -0.443. The summed E-state index contributed by atoms with van der Waals surface area (Å²) in [6.07, 6.45) is 0. The van der Waals surface area contributed by atoms with Crippen LogP contribution in [0.2, 0.25) is 0 Å². The predicted octanol–water partition coefficient (Wildman–Crippen LogP) is 1.50. The molecule has 0 bridgehead atoms. The Hall–Kier alpha value is -0.880. The van der Waals surface area contributed by atoms with E-state index in [4.69, 9.17) is 9.47 Å². The number of methoxy groups -OCH3 is 1. The number of aromatic amines is 1. The molecule has 0 aliphatic rings. The highest BCUT2D eigenvalue weighted by Crippen LogP contribution is 2.18. The fraction of sp³-hybridized carbons (Fsp3) is 0.500. The molecule has 1 heterocycles. The van der Waals surface area contributed by atoms with Gasteiger partial charge in [-0.25, -0.2) is 4.79 Å². The van der Waals surface area contributed by atoms with Crippen LogP contribution in [0.1, 0.15) is 23.0 Å². The first-order valence-corrected chi connectivity index (χ1v) is 4.88. The maximum atomic E-state index is 11.4. The fourth-order valence-electron chi connectivity index (χ4n) is 0.988. The second-order valence-corrected chi connectivity index (χ2v) is 3.31. The van der Waals surface area contributed by atoms with Crippen molar-refractivity contribution in [2.45, 2.75) is 13.5 Å². The third kappa shape index (κ3) is 2.33. The van der Waals surface area contributed by atoms with E-state index in [1.165, 1.54) is 0 Å². The van der Waals surface area contributed by atoms with E-state index in [1.807, 2.05) is 0 Å². The number of esters is 1. The minimum Gasteiger partial charge on any atom is -0.461 e. The van der Waals surface area contributed by atoms with Crippen LogP contribution in [0.25, 0.3) is 0 Å². The van der Waals surface area contributed by atoms with E-state index in [2.05, 4.69) is 26.1 Å². The van der Waals surface area contributed by atoms with Gasteiger partial charge in [0.25, 0.3) is 0 Å². The number of carbonyl (C=O) groups excluding carboxylic acids is 1. The van der Waals surface area contributed by atoms with E-state index in [9.17, 15) is 4.79 Å². The van der Waals surface area contributed by atoms with Gasteiger partial charge < -0.3 is 9.47 Å². The number of rotatable bonds is 4. The number of halogens is 1. The third-order valence-corrected chi connectivity index (χ3v) is 2.23. The van der Waals surface area contributed by atoms with Crippen LogP contribution in [0.5, 0.6) is 0 Å². The van der Waals surface area contributed by atoms with Crippen LogP contribution in [-0.4, -0.2) is 29.9 Å². The molecule has 1 rings (SSSR count). The Morgan fingerprint density at radius 2 is 2.36 bits per heavy atom. The second kappa shape index (κ2) is 5.11. The molecular formula is C8H11BrN2O3. The minimum absolute atomic E-state index is 0.264. The zero-order valence-electron chi connectivity index (χ0n) is 7.96. The molecule has 0 unspecified atom stereocenters. The van der Waals surface area contributed by atoms with Crippen molar-refractivity contribution >= 4 is 21.9 Å². The summed E-state index contributed by atoms with van der Waals surface area (Å²) in [5, 5.41) is 6.47. The van der Waals surface area contributed by atoms with E-state index in [-0.39, 0.29) is 5.69 Å². The summed E-state index contributed by atoms with van der Waals surface area (Å²) in [5.41, 5.74) is 0.937. The first kappa shape index (κ1) is 11.2. The zero-order valence-corrected chi connectivity index (χ0v) is 9.55. The minimum atomic E-state index is -0.443. The van der Waals surface area contributed by atoms with E-state index < -0.39 is 5.97 Å². The molecule has 1 aromatic rings. The molecule has 0 saturated carbocycles. The molecule has 14 heavy (non-hydrogen) atoms. The number of carbonyl (C=O) groups is 1. The Labute approximate surface area is 89.9 Å². The highest BCUT2D eigenvalue weighted by Gasteiger charge is 2.18. The van der Waals surface area contributed by atoms with Crippen LogP contribution in [-0.2, 0) is 16.1 Å². The van der Waals surface area contributed by atoms with E-state index in [0.717, 1.165) is 0 Å². The van der Waals surface area contributed by atoms with E-state index >= 15 is 0 Å². The van der Waals surface area contributed by atoms with Crippen molar-refractivity contribution in [3.63, 3.8) is 0 Å². The number of aromatic nitrogens is 2. The quantitative estimate of drug-likeness (QED) is 0.836. The van der Waals surface area contributed by atoms with E-state index in [1.54, 1.807) is 14.0 Å². The normalized spacial score (nSPS) is 10.2. The molecule has 0 aliphatic carbocycles. The summed E-state index contributed by atoms with van der Waals surface area (Å²) >= 11 is 3.23. The largest absolute Gasteiger partial charge is 0.461 e. The summed E-state index contributed by atoms with van der Waals surface area (Å²) in [4.78, 5) is 11.4. The van der Waals surface area contributed by atoms with Gasteiger partial charge in [0.1, 0.15) is 4.60 Å². The van der Waals surface area contributed by atoms with Crippen LogP contribution in [0.15, 0.2) is 4.60 Å². The van der Waals surface area contributed by atoms with Crippen molar-refractivity contribution in [2.24, 2.45) is 0 Å². The summed E-state index contributed by atoms with van der Waals surface area (Å²) in [6.45, 7) is 2.39. The Balaban J connectivity index is 2.90. The lowest BCUT2D eigenvalue weighted by Gasteiger charge is -2.01. The second-order valence-electron chi connectivity index (χ2n) is 2.52. The molecule has 1 N–H and O–H groups in total. The maximum Gasteiger partial charge on any atom is 0.359 e. The average Bonchev–Trinajstić information content (AvgIpc) is 2.50. The van der Waals surface area contributed by atoms with Crippen molar-refractivity contribution in [1.82, 2.24) is 10.2 Å². The van der Waals surface area contributed by atoms with Gasteiger partial charge in [-0.1, -0.05) is 0 Å². The van der Waals surface area contributed by atoms with Crippen LogP contribution in [0.3, 0.4) is 0 Å². The Morgan fingerprint density at radius 1 is 1.64 bits per heavy atom. The van der Waals surface area contributed by atoms with Gasteiger partial charge in [0, 0.05) is 12.7 Å². The lowest BCUT2D eigenvalue weighted by molar-refractivity contribution is 0.0514. The molecule has 0 aromatic carbocycles. The highest BCUT2D eigenvalue weighted by atomic mass is 79.9. The van der Waals surface area contributed by atoms with Gasteiger partial charge in [-0.15, -0.1) is 0 Å². The van der Waals surface area contributed by atoms with Crippen LogP contribution in [0.4, 0.5) is 0 Å². The molecule has 1 aromatic heterocycles. The van der Waals surface area contributed by atoms with Crippen molar-refractivity contribution in [3.05, 3.63) is 15.9 Å². The molecule has 6 heteroatoms. The molecule has 0 saturated heterocycles. The Bertz CT molecular complexity index is 324. The lowest BCUT2D eigenvalue weighted by Crippen LogP contribution is -2.08. The van der Waals surface area contributed by atoms with E-state index in [0.29, 0.717) is 23.4 Å². The van der Waals surface area contributed by atoms with Gasteiger partial charge in [-0.3, -0.25) is 5.10 Å². The number of nitrogens with one attached hydrogen (secondary N) is 1. The molecule has 78 valence electrons. The van der Waals surface area contributed by atoms with Crippen molar-refractivity contribution in [3.8, 4) is 0 Å². The SMILES string of the molecule is CCOC(=O)c1n[nH]c(Br)c1COC. The maximum absolute atomic E-state index is 11.4. The number of ether oxygens (including phenoxy) is 2. The smallest absolute Gasteiger partial charge is 0.359 e. The van der Waals surface area contributed by atoms with Gasteiger partial charge in [-0.2, -0.15) is 5.10 Å². The van der Waals surface area contributed by atoms with Gasteiger partial charge >= 0.3 is 5.97 Å². The van der Waals surface area contributed by atoms with Gasteiger partial charge in [0.05, 0.1) is 13.2 Å². The highest BCUT2D eigenvalue weighted by molar-refractivity contribution is 9.10. The zero-order chi connectivity index (χ0) is 10.6. The molecule has 0 atom stereocenters. The van der Waals surface area contributed by atoms with Crippen LogP contribution >= 0.6 is 15.9 Å². The average molecular weight is 263 g/mol. The Morgan fingerprint density at radius 3 is 2.93 bits per heavy atom. The monoisotopic (exact) mass is 262 g/mol. The van der Waals surface area contributed by atoms with Gasteiger partial charge in [-0.05, 0) is 22.9 Å². The standard InChI is InChI=1S/C8H11BrN2O3/c1-3-14-8(12)6-5(4-13-2)7(9)11-10-6/h3-4H2,1-2H3,(H,10,11). The van der Waals surface area contributed by atoms with Crippen molar-refractivity contribution in [1.29, 1.82) is 0 Å². The van der Waals surface area contributed by atoms with Gasteiger partial charge in [0.15, 0.2) is 5.69 Å². The summed E-state index contributed by atoms with van der Waals surface area (Å²) in [6, 6.07) is 0. The summed E-state index contributed by atoms with van der Waals surface area (Å²) < 4.78 is 10.4. The first-order valence-electron chi connectivity index (χ1n) is 4.09. The van der Waals surface area contributed by atoms with Gasteiger partial charge in [0.2, 0.25) is 0 Å². The fourth-order valence-corrected chi connectivity index (χ4v) is 1.38. The Kier molecular flexibility index (Phi) is 4.09. The van der Waals surface area contributed by atoms with Crippen molar-refractivity contribution < 1.29 is 14.3 Å². The third-order valence-electron chi connectivity index (χ3n) is 1.57. The lowest BCUT2D eigenvalue weighted by atomic mass is 10.2. The van der Waals surface area contributed by atoms with Crippen molar-refractivity contribution in [2.75, 3.05) is 13.7 Å². The number of H-pyrrole nitrogens is 1.